The molecule has 6 nitrogen and oxygen atoms in total. The summed E-state index contributed by atoms with van der Waals surface area (Å²) in [4.78, 5) is 26.3. The molecule has 0 saturated heterocycles. The van der Waals surface area contributed by atoms with Gasteiger partial charge in [0, 0.05) is 23.7 Å². The van der Waals surface area contributed by atoms with Crippen molar-refractivity contribution in [2.45, 2.75) is 26.8 Å². The number of carbonyl (C=O) groups is 2. The number of carbonyl (C=O) groups excluding carboxylic acids is 2. The van der Waals surface area contributed by atoms with Crippen LogP contribution in [0.5, 0.6) is 0 Å². The van der Waals surface area contributed by atoms with Crippen molar-refractivity contribution in [1.29, 1.82) is 0 Å². The molecule has 7 heteroatoms. The summed E-state index contributed by atoms with van der Waals surface area (Å²) in [6.07, 6.45) is 0.927. The summed E-state index contributed by atoms with van der Waals surface area (Å²) < 4.78 is 1.71. The number of hydrogen-bond donors (Lipinski definition) is 1. The molecule has 0 unspecified atom stereocenters. The van der Waals surface area contributed by atoms with Crippen LogP contribution in [-0.2, 0) is 11.3 Å². The SMILES string of the molecule is CC(C)CCNC(=O)CN1CCn2nc(-c3ccc(Cl)cc3)cc2C1=O. The number of fused-ring (bicyclic) bond motifs is 1. The van der Waals surface area contributed by atoms with E-state index in [4.69, 9.17) is 11.6 Å². The number of rotatable bonds is 6. The minimum absolute atomic E-state index is 0.0817. The van der Waals surface area contributed by atoms with Gasteiger partial charge in [-0.15, -0.1) is 0 Å². The zero-order valence-electron chi connectivity index (χ0n) is 15.0. The Balaban J connectivity index is 1.66. The quantitative estimate of drug-likeness (QED) is 0.845. The second kappa shape index (κ2) is 7.91. The molecule has 1 aromatic carbocycles. The van der Waals surface area contributed by atoms with Gasteiger partial charge >= 0.3 is 0 Å². The molecule has 2 heterocycles. The second-order valence-electron chi connectivity index (χ2n) is 6.90. The van der Waals surface area contributed by atoms with Crippen molar-refractivity contribution in [1.82, 2.24) is 20.0 Å². The van der Waals surface area contributed by atoms with E-state index in [-0.39, 0.29) is 18.4 Å². The lowest BCUT2D eigenvalue weighted by atomic mass is 10.1. The summed E-state index contributed by atoms with van der Waals surface area (Å²) in [5.74, 6) is 0.250. The average Bonchev–Trinajstić information content (AvgIpc) is 3.03. The van der Waals surface area contributed by atoms with E-state index in [2.05, 4.69) is 24.3 Å². The molecule has 0 saturated carbocycles. The number of aromatic nitrogens is 2. The highest BCUT2D eigenvalue weighted by atomic mass is 35.5. The van der Waals surface area contributed by atoms with Gasteiger partial charge in [-0.3, -0.25) is 14.3 Å². The first-order valence-corrected chi connectivity index (χ1v) is 9.21. The summed E-state index contributed by atoms with van der Waals surface area (Å²) >= 11 is 5.92. The van der Waals surface area contributed by atoms with Crippen molar-refractivity contribution in [3.05, 3.63) is 41.0 Å². The number of halogens is 1. The molecule has 1 N–H and O–H groups in total. The van der Waals surface area contributed by atoms with Gasteiger partial charge in [0.25, 0.3) is 5.91 Å². The van der Waals surface area contributed by atoms with Crippen LogP contribution in [0.1, 0.15) is 30.8 Å². The normalized spacial score (nSPS) is 13.8. The van der Waals surface area contributed by atoms with Crippen LogP contribution in [0, 0.1) is 5.92 Å². The predicted octanol–water partition coefficient (Wildman–Crippen LogP) is 2.82. The zero-order valence-corrected chi connectivity index (χ0v) is 15.8. The number of nitrogens with one attached hydrogen (secondary N) is 1. The second-order valence-corrected chi connectivity index (χ2v) is 7.34. The molecule has 2 aromatic rings. The molecule has 2 amide bonds. The molecule has 1 aliphatic heterocycles. The van der Waals surface area contributed by atoms with Crippen LogP contribution >= 0.6 is 11.6 Å². The van der Waals surface area contributed by atoms with Gasteiger partial charge in [0.15, 0.2) is 0 Å². The van der Waals surface area contributed by atoms with E-state index in [0.717, 1.165) is 17.7 Å². The number of hydrogen-bond acceptors (Lipinski definition) is 3. The highest BCUT2D eigenvalue weighted by molar-refractivity contribution is 6.30. The summed E-state index contributed by atoms with van der Waals surface area (Å²) in [6, 6.07) is 9.12. The van der Waals surface area contributed by atoms with E-state index >= 15 is 0 Å². The lowest BCUT2D eigenvalue weighted by Crippen LogP contribution is -2.46. The Morgan fingerprint density at radius 2 is 2.00 bits per heavy atom. The van der Waals surface area contributed by atoms with Crippen LogP contribution in [0.25, 0.3) is 11.3 Å². The number of nitrogens with zero attached hydrogens (tertiary/aromatic N) is 3. The Kier molecular flexibility index (Phi) is 5.61. The molecule has 0 radical (unpaired) electrons. The molecule has 0 spiro atoms. The van der Waals surface area contributed by atoms with E-state index in [1.54, 1.807) is 27.8 Å². The standard InChI is InChI=1S/C19H23ClN4O2/c1-13(2)7-8-21-18(25)12-23-9-10-24-17(19(23)26)11-16(22-24)14-3-5-15(20)6-4-14/h3-6,11,13H,7-10,12H2,1-2H3,(H,21,25). The van der Waals surface area contributed by atoms with Crippen molar-refractivity contribution >= 4 is 23.4 Å². The Bertz CT molecular complexity index is 798. The summed E-state index contributed by atoms with van der Waals surface area (Å²) in [7, 11) is 0. The molecule has 3 rings (SSSR count). The van der Waals surface area contributed by atoms with Gasteiger partial charge in [-0.25, -0.2) is 0 Å². The molecule has 0 atom stereocenters. The van der Waals surface area contributed by atoms with Gasteiger partial charge in [0.05, 0.1) is 18.8 Å². The molecular formula is C19H23ClN4O2. The molecule has 0 bridgehead atoms. The van der Waals surface area contributed by atoms with E-state index in [1.807, 2.05) is 12.1 Å². The van der Waals surface area contributed by atoms with Gasteiger partial charge in [0.2, 0.25) is 5.91 Å². The highest BCUT2D eigenvalue weighted by Crippen LogP contribution is 2.23. The van der Waals surface area contributed by atoms with Crippen LogP contribution in [0.4, 0.5) is 0 Å². The lowest BCUT2D eigenvalue weighted by Gasteiger charge is -2.26. The lowest BCUT2D eigenvalue weighted by molar-refractivity contribution is -0.121. The van der Waals surface area contributed by atoms with E-state index < -0.39 is 0 Å². The van der Waals surface area contributed by atoms with Crippen LogP contribution in [0.15, 0.2) is 30.3 Å². The third-order valence-electron chi connectivity index (χ3n) is 4.39. The van der Waals surface area contributed by atoms with E-state index in [9.17, 15) is 9.59 Å². The van der Waals surface area contributed by atoms with Crippen LogP contribution in [0.3, 0.4) is 0 Å². The summed E-state index contributed by atoms with van der Waals surface area (Å²) in [5.41, 5.74) is 2.14. The predicted molar refractivity (Wildman–Crippen MR) is 101 cm³/mol. The molecule has 1 aromatic heterocycles. The Hall–Kier alpha value is -2.34. The maximum atomic E-state index is 12.7. The maximum absolute atomic E-state index is 12.7. The van der Waals surface area contributed by atoms with Crippen molar-refractivity contribution < 1.29 is 9.59 Å². The van der Waals surface area contributed by atoms with Gasteiger partial charge in [0.1, 0.15) is 5.69 Å². The third kappa shape index (κ3) is 4.25. The fraction of sp³-hybridized carbons (Fsp3) is 0.421. The first kappa shape index (κ1) is 18.5. The van der Waals surface area contributed by atoms with Gasteiger partial charge < -0.3 is 10.2 Å². The average molecular weight is 375 g/mol. The van der Waals surface area contributed by atoms with Gasteiger partial charge in [-0.05, 0) is 30.5 Å². The third-order valence-corrected chi connectivity index (χ3v) is 4.64. The Morgan fingerprint density at radius 3 is 2.69 bits per heavy atom. The largest absolute Gasteiger partial charge is 0.355 e. The minimum Gasteiger partial charge on any atom is -0.355 e. The molecule has 1 aliphatic rings. The highest BCUT2D eigenvalue weighted by Gasteiger charge is 2.28. The van der Waals surface area contributed by atoms with E-state index in [0.29, 0.717) is 36.3 Å². The first-order valence-electron chi connectivity index (χ1n) is 8.84. The van der Waals surface area contributed by atoms with Gasteiger partial charge in [-0.2, -0.15) is 5.10 Å². The fourth-order valence-corrected chi connectivity index (χ4v) is 3.01. The Labute approximate surface area is 158 Å². The smallest absolute Gasteiger partial charge is 0.272 e. The van der Waals surface area contributed by atoms with E-state index in [1.165, 1.54) is 0 Å². The molecule has 138 valence electrons. The summed E-state index contributed by atoms with van der Waals surface area (Å²) in [6.45, 7) is 5.99. The molecule has 0 fully saturated rings. The molecular weight excluding hydrogens is 352 g/mol. The van der Waals surface area contributed by atoms with Crippen LogP contribution < -0.4 is 5.32 Å². The maximum Gasteiger partial charge on any atom is 0.272 e. The van der Waals surface area contributed by atoms with Gasteiger partial charge in [-0.1, -0.05) is 37.6 Å². The fourth-order valence-electron chi connectivity index (χ4n) is 2.88. The molecule has 0 aliphatic carbocycles. The zero-order chi connectivity index (χ0) is 18.7. The van der Waals surface area contributed by atoms with Crippen molar-refractivity contribution in [2.24, 2.45) is 5.92 Å². The monoisotopic (exact) mass is 374 g/mol. The van der Waals surface area contributed by atoms with Crippen molar-refractivity contribution in [3.63, 3.8) is 0 Å². The summed E-state index contributed by atoms with van der Waals surface area (Å²) in [5, 5.41) is 8.04. The van der Waals surface area contributed by atoms with Crippen molar-refractivity contribution in [3.8, 4) is 11.3 Å². The number of amides is 2. The van der Waals surface area contributed by atoms with Crippen LogP contribution in [0.2, 0.25) is 5.02 Å². The van der Waals surface area contributed by atoms with Crippen LogP contribution in [-0.4, -0.2) is 46.1 Å². The minimum atomic E-state index is -0.164. The first-order chi connectivity index (χ1) is 12.4. The molecule has 26 heavy (non-hydrogen) atoms. The topological polar surface area (TPSA) is 67.2 Å². The Morgan fingerprint density at radius 1 is 1.27 bits per heavy atom. The number of benzene rings is 1. The van der Waals surface area contributed by atoms with Crippen molar-refractivity contribution in [2.75, 3.05) is 19.6 Å².